The van der Waals surface area contributed by atoms with E-state index in [1.807, 2.05) is 13.1 Å². The number of nitrogens with zero attached hydrogens (tertiary/aromatic N) is 1. The molecule has 0 saturated heterocycles. The first-order valence-electron chi connectivity index (χ1n) is 7.28. The van der Waals surface area contributed by atoms with Crippen LogP contribution in [0.25, 0.3) is 10.9 Å². The molecule has 6 nitrogen and oxygen atoms in total. The summed E-state index contributed by atoms with van der Waals surface area (Å²) < 4.78 is 7.32. The number of hydrogen-bond acceptors (Lipinski definition) is 4. The van der Waals surface area contributed by atoms with E-state index in [1.165, 1.54) is 6.92 Å². The van der Waals surface area contributed by atoms with E-state index < -0.39 is 0 Å². The molecule has 1 aromatic carbocycles. The van der Waals surface area contributed by atoms with Gasteiger partial charge in [0.25, 0.3) is 5.91 Å². The lowest BCUT2D eigenvalue weighted by Crippen LogP contribution is -2.28. The summed E-state index contributed by atoms with van der Waals surface area (Å²) in [6.45, 7) is 2.61. The average Bonchev–Trinajstić information content (AvgIpc) is 2.87. The van der Waals surface area contributed by atoms with E-state index in [0.717, 1.165) is 29.5 Å². The molecule has 2 aromatic rings. The molecule has 2 amide bonds. The van der Waals surface area contributed by atoms with Crippen molar-refractivity contribution in [3.8, 4) is 0 Å². The van der Waals surface area contributed by atoms with E-state index in [-0.39, 0.29) is 11.8 Å². The Kier molecular flexibility index (Phi) is 6.79. The second-order valence-electron chi connectivity index (χ2n) is 5.15. The van der Waals surface area contributed by atoms with Crippen LogP contribution >= 0.6 is 35.3 Å². The summed E-state index contributed by atoms with van der Waals surface area (Å²) in [5.41, 5.74) is 1.37. The Morgan fingerprint density at radius 2 is 2.00 bits per heavy atom. The Bertz CT molecular complexity index is 764. The molecule has 9 heteroatoms. The molecular weight excluding hydrogens is 371 g/mol. The maximum atomic E-state index is 12.3. The van der Waals surface area contributed by atoms with Crippen molar-refractivity contribution in [3.63, 3.8) is 0 Å². The molecular formula is C15H18Cl2N4O2S. The fourth-order valence-corrected chi connectivity index (χ4v) is 3.02. The fourth-order valence-electron chi connectivity index (χ4n) is 2.18. The van der Waals surface area contributed by atoms with Crippen molar-refractivity contribution in [2.75, 3.05) is 13.1 Å². The fraction of sp³-hybridized carbons (Fsp3) is 0.333. The molecule has 0 spiro atoms. The quantitative estimate of drug-likeness (QED) is 0.503. The highest BCUT2D eigenvalue weighted by molar-refractivity contribution is 7.96. The molecule has 0 saturated carbocycles. The lowest BCUT2D eigenvalue weighted by atomic mass is 10.2. The number of fused-ring (bicyclic) bond motifs is 1. The number of amides is 2. The Hall–Kier alpha value is -1.41. The maximum Gasteiger partial charge on any atom is 0.267 e. The van der Waals surface area contributed by atoms with E-state index >= 15 is 0 Å². The molecule has 24 heavy (non-hydrogen) atoms. The largest absolute Gasteiger partial charge is 0.351 e. The number of aryl methyl sites for hydroxylation is 1. The van der Waals surface area contributed by atoms with Gasteiger partial charge < -0.3 is 9.88 Å². The molecule has 0 fully saturated rings. The molecule has 0 aliphatic rings. The molecule has 0 bridgehead atoms. The first kappa shape index (κ1) is 18.9. The molecule has 3 N–H and O–H groups in total. The van der Waals surface area contributed by atoms with Gasteiger partial charge in [-0.2, -0.15) is 0 Å². The van der Waals surface area contributed by atoms with E-state index in [2.05, 4.69) is 14.8 Å². The van der Waals surface area contributed by atoms with Crippen LogP contribution in [0, 0.1) is 0 Å². The van der Waals surface area contributed by atoms with Crippen LogP contribution in [0.5, 0.6) is 0 Å². The van der Waals surface area contributed by atoms with Crippen molar-refractivity contribution in [3.05, 3.63) is 33.9 Å². The van der Waals surface area contributed by atoms with Gasteiger partial charge in [0.2, 0.25) is 5.91 Å². The molecule has 0 atom stereocenters. The summed E-state index contributed by atoms with van der Waals surface area (Å²) in [5.74, 6) is -0.286. The number of carbonyl (C=O) groups is 2. The minimum absolute atomic E-state index is 0.115. The lowest BCUT2D eigenvalue weighted by Gasteiger charge is -2.07. The summed E-state index contributed by atoms with van der Waals surface area (Å²) in [4.78, 5) is 23.0. The first-order valence-corrected chi connectivity index (χ1v) is 8.86. The zero-order valence-electron chi connectivity index (χ0n) is 13.3. The third-order valence-corrected chi connectivity index (χ3v) is 4.91. The van der Waals surface area contributed by atoms with Gasteiger partial charge in [-0.3, -0.25) is 14.3 Å². The second-order valence-corrected chi connectivity index (χ2v) is 6.63. The van der Waals surface area contributed by atoms with Crippen molar-refractivity contribution in [2.45, 2.75) is 13.3 Å². The second kappa shape index (κ2) is 8.62. The average molecular weight is 389 g/mol. The van der Waals surface area contributed by atoms with Gasteiger partial charge in [0.05, 0.1) is 10.0 Å². The molecule has 0 aliphatic carbocycles. The summed E-state index contributed by atoms with van der Waals surface area (Å²) >= 11 is 13.3. The number of hydrogen-bond donors (Lipinski definition) is 3. The molecule has 0 radical (unpaired) electrons. The number of rotatable bonds is 7. The Balaban J connectivity index is 1.89. The van der Waals surface area contributed by atoms with Gasteiger partial charge in [-0.15, -0.1) is 0 Å². The van der Waals surface area contributed by atoms with Crippen LogP contribution in [0.3, 0.4) is 0 Å². The summed E-state index contributed by atoms with van der Waals surface area (Å²) in [5, 5.41) is 4.53. The summed E-state index contributed by atoms with van der Waals surface area (Å²) in [6, 6.07) is 5.29. The third-order valence-electron chi connectivity index (χ3n) is 3.35. The molecule has 0 unspecified atom stereocenters. The number of benzene rings is 1. The predicted octanol–water partition coefficient (Wildman–Crippen LogP) is 2.89. The van der Waals surface area contributed by atoms with Gasteiger partial charge in [0, 0.05) is 50.1 Å². The van der Waals surface area contributed by atoms with Crippen LogP contribution < -0.4 is 14.8 Å². The molecule has 1 aromatic heterocycles. The highest BCUT2D eigenvalue weighted by atomic mass is 35.5. The molecule has 0 aliphatic heterocycles. The van der Waals surface area contributed by atoms with Gasteiger partial charge in [0.15, 0.2) is 0 Å². The van der Waals surface area contributed by atoms with Crippen molar-refractivity contribution < 1.29 is 9.59 Å². The van der Waals surface area contributed by atoms with E-state index in [1.54, 1.807) is 16.7 Å². The van der Waals surface area contributed by atoms with Crippen molar-refractivity contribution in [1.82, 2.24) is 19.3 Å². The van der Waals surface area contributed by atoms with Crippen LogP contribution in [-0.4, -0.2) is 29.5 Å². The molecule has 130 valence electrons. The first-order chi connectivity index (χ1) is 11.4. The number of aromatic nitrogens is 1. The predicted molar refractivity (Wildman–Crippen MR) is 99.3 cm³/mol. The van der Waals surface area contributed by atoms with Crippen molar-refractivity contribution in [1.29, 1.82) is 0 Å². The van der Waals surface area contributed by atoms with Crippen LogP contribution in [0.4, 0.5) is 0 Å². The maximum absolute atomic E-state index is 12.3. The third kappa shape index (κ3) is 4.57. The van der Waals surface area contributed by atoms with Gasteiger partial charge in [0.1, 0.15) is 5.69 Å². The Morgan fingerprint density at radius 3 is 2.71 bits per heavy atom. The van der Waals surface area contributed by atoms with Gasteiger partial charge in [-0.05, 0) is 24.6 Å². The Labute approximate surface area is 154 Å². The zero-order chi connectivity index (χ0) is 17.7. The summed E-state index contributed by atoms with van der Waals surface area (Å²) in [7, 11) is 1.81. The zero-order valence-corrected chi connectivity index (χ0v) is 15.6. The number of halogens is 2. The smallest absolute Gasteiger partial charge is 0.267 e. The topological polar surface area (TPSA) is 75.2 Å². The van der Waals surface area contributed by atoms with Crippen molar-refractivity contribution in [2.24, 2.45) is 7.05 Å². The van der Waals surface area contributed by atoms with Crippen LogP contribution in [0.1, 0.15) is 23.8 Å². The van der Waals surface area contributed by atoms with E-state index in [4.69, 9.17) is 23.2 Å². The summed E-state index contributed by atoms with van der Waals surface area (Å²) in [6.07, 6.45) is 0.731. The van der Waals surface area contributed by atoms with Crippen molar-refractivity contribution >= 4 is 58.1 Å². The highest BCUT2D eigenvalue weighted by Crippen LogP contribution is 2.32. The minimum atomic E-state index is -0.171. The number of nitrogens with one attached hydrogen (secondary N) is 3. The molecule has 2 rings (SSSR count). The highest BCUT2D eigenvalue weighted by Gasteiger charge is 2.15. The number of carbonyl (C=O) groups excluding carboxylic acids is 2. The van der Waals surface area contributed by atoms with E-state index in [0.29, 0.717) is 28.8 Å². The van der Waals surface area contributed by atoms with Crippen LogP contribution in [0.2, 0.25) is 10.0 Å². The Morgan fingerprint density at radius 1 is 1.25 bits per heavy atom. The minimum Gasteiger partial charge on any atom is -0.351 e. The van der Waals surface area contributed by atoms with Gasteiger partial charge >= 0.3 is 0 Å². The lowest BCUT2D eigenvalue weighted by molar-refractivity contribution is -0.117. The SMILES string of the molecule is CC(=O)NSNCCCNC(=O)c1cc2c(Cl)c(Cl)ccc2n1C. The van der Waals surface area contributed by atoms with Crippen LogP contribution in [0.15, 0.2) is 18.2 Å². The van der Waals surface area contributed by atoms with Crippen LogP contribution in [-0.2, 0) is 11.8 Å². The standard InChI is InChI=1S/C15H18Cl2N4O2S/c1-9(22)20-24-19-7-3-6-18-15(23)13-8-10-12(21(13)2)5-4-11(16)14(10)17/h4-5,8,19H,3,6-7H2,1-2H3,(H,18,23)(H,20,22). The molecule has 1 heterocycles. The van der Waals surface area contributed by atoms with Gasteiger partial charge in [-0.1, -0.05) is 23.2 Å². The van der Waals surface area contributed by atoms with E-state index in [9.17, 15) is 9.59 Å². The normalized spacial score (nSPS) is 10.8. The monoisotopic (exact) mass is 388 g/mol. The van der Waals surface area contributed by atoms with Gasteiger partial charge in [-0.25, -0.2) is 4.72 Å².